The fraction of sp³-hybridized carbons (Fsp3) is 0.333. The number of aromatic nitrogens is 5. The maximum absolute atomic E-state index is 10.3. The van der Waals surface area contributed by atoms with Gasteiger partial charge >= 0.3 is 0 Å². The minimum absolute atomic E-state index is 0.479. The molecule has 9 nitrogen and oxygen atoms in total. The van der Waals surface area contributed by atoms with Crippen molar-refractivity contribution in [3.05, 3.63) is 42.8 Å². The van der Waals surface area contributed by atoms with Crippen LogP contribution in [0.2, 0.25) is 0 Å². The SMILES string of the molecule is C[C@H]1O[C@@H](n2cnc3c(SCc4nc5ccccc5o4)ncnc32)[C@H](O)[C@@H]1O. The second-order valence-corrected chi connectivity index (χ2v) is 7.54. The molecule has 0 saturated carbocycles. The highest BCUT2D eigenvalue weighted by Gasteiger charge is 2.42. The lowest BCUT2D eigenvalue weighted by Crippen LogP contribution is -2.30. The molecular formula is C18H17N5O4S. The molecule has 144 valence electrons. The Morgan fingerprint density at radius 1 is 1.14 bits per heavy atom. The van der Waals surface area contributed by atoms with Crippen molar-refractivity contribution >= 4 is 34.0 Å². The smallest absolute Gasteiger partial charge is 0.205 e. The summed E-state index contributed by atoms with van der Waals surface area (Å²) in [6.07, 6.45) is -0.264. The van der Waals surface area contributed by atoms with Crippen molar-refractivity contribution in [2.75, 3.05) is 0 Å². The van der Waals surface area contributed by atoms with E-state index in [0.717, 1.165) is 11.1 Å². The molecule has 0 unspecified atom stereocenters. The molecule has 1 saturated heterocycles. The first-order valence-corrected chi connectivity index (χ1v) is 9.77. The molecule has 2 N–H and O–H groups in total. The summed E-state index contributed by atoms with van der Waals surface area (Å²) in [5, 5.41) is 20.9. The van der Waals surface area contributed by atoms with Gasteiger partial charge in [0, 0.05) is 0 Å². The van der Waals surface area contributed by atoms with E-state index in [1.807, 2.05) is 24.3 Å². The molecule has 1 fully saturated rings. The average Bonchev–Trinajstić information content (AvgIpc) is 3.38. The van der Waals surface area contributed by atoms with E-state index in [1.54, 1.807) is 17.8 Å². The number of thioether (sulfide) groups is 1. The molecule has 28 heavy (non-hydrogen) atoms. The van der Waals surface area contributed by atoms with Crippen LogP contribution in [0.15, 0.2) is 46.4 Å². The lowest BCUT2D eigenvalue weighted by Gasteiger charge is -2.16. The van der Waals surface area contributed by atoms with Crippen LogP contribution in [0.5, 0.6) is 0 Å². The Morgan fingerprint density at radius 3 is 2.79 bits per heavy atom. The predicted octanol–water partition coefficient (Wildman–Crippen LogP) is 1.90. The molecular weight excluding hydrogens is 382 g/mol. The van der Waals surface area contributed by atoms with E-state index in [0.29, 0.717) is 27.8 Å². The molecule has 1 aliphatic heterocycles. The van der Waals surface area contributed by atoms with Crippen LogP contribution in [0.3, 0.4) is 0 Å². The van der Waals surface area contributed by atoms with Gasteiger partial charge in [0.05, 0.1) is 18.2 Å². The Labute approximate surface area is 163 Å². The first-order chi connectivity index (χ1) is 13.6. The van der Waals surface area contributed by atoms with Gasteiger partial charge in [0.2, 0.25) is 5.89 Å². The van der Waals surface area contributed by atoms with Crippen LogP contribution in [-0.4, -0.2) is 53.0 Å². The van der Waals surface area contributed by atoms with Gasteiger partial charge < -0.3 is 19.4 Å². The summed E-state index contributed by atoms with van der Waals surface area (Å²) in [7, 11) is 0. The maximum atomic E-state index is 10.3. The van der Waals surface area contributed by atoms with Gasteiger partial charge in [-0.15, -0.1) is 0 Å². The topological polar surface area (TPSA) is 119 Å². The van der Waals surface area contributed by atoms with Crippen LogP contribution in [-0.2, 0) is 10.5 Å². The third-order valence-electron chi connectivity index (χ3n) is 4.75. The largest absolute Gasteiger partial charge is 0.440 e. The summed E-state index contributed by atoms with van der Waals surface area (Å²) >= 11 is 1.44. The highest BCUT2D eigenvalue weighted by Crippen LogP contribution is 2.33. The highest BCUT2D eigenvalue weighted by atomic mass is 32.2. The molecule has 4 heterocycles. The fourth-order valence-electron chi connectivity index (χ4n) is 3.29. The van der Waals surface area contributed by atoms with Crippen LogP contribution >= 0.6 is 11.8 Å². The van der Waals surface area contributed by atoms with Gasteiger partial charge in [-0.05, 0) is 19.1 Å². The van der Waals surface area contributed by atoms with Crippen LogP contribution in [0.1, 0.15) is 19.0 Å². The van der Waals surface area contributed by atoms with E-state index >= 15 is 0 Å². The number of rotatable bonds is 4. The number of aliphatic hydroxyl groups excluding tert-OH is 2. The lowest BCUT2D eigenvalue weighted by atomic mass is 10.1. The monoisotopic (exact) mass is 399 g/mol. The van der Waals surface area contributed by atoms with E-state index in [2.05, 4.69) is 19.9 Å². The summed E-state index contributed by atoms with van der Waals surface area (Å²) in [5.41, 5.74) is 2.68. The van der Waals surface area contributed by atoms with Crippen molar-refractivity contribution in [1.82, 2.24) is 24.5 Å². The first-order valence-electron chi connectivity index (χ1n) is 8.78. The van der Waals surface area contributed by atoms with Crippen LogP contribution in [0.25, 0.3) is 22.3 Å². The summed E-state index contributed by atoms with van der Waals surface area (Å²) in [5.74, 6) is 1.09. The van der Waals surface area contributed by atoms with Gasteiger partial charge in [0.25, 0.3) is 0 Å². The minimum atomic E-state index is -1.06. The molecule has 0 aliphatic carbocycles. The number of ether oxygens (including phenoxy) is 1. The van der Waals surface area contributed by atoms with Crippen LogP contribution in [0.4, 0.5) is 0 Å². The molecule has 0 spiro atoms. The molecule has 0 radical (unpaired) electrons. The Kier molecular flexibility index (Phi) is 4.27. The van der Waals surface area contributed by atoms with Crippen molar-refractivity contribution in [3.8, 4) is 0 Å². The number of hydrogen-bond acceptors (Lipinski definition) is 9. The van der Waals surface area contributed by atoms with Gasteiger partial charge in [-0.3, -0.25) is 4.57 Å². The highest BCUT2D eigenvalue weighted by molar-refractivity contribution is 7.98. The molecule has 1 aliphatic rings. The lowest BCUT2D eigenvalue weighted by molar-refractivity contribution is -0.0299. The number of fused-ring (bicyclic) bond motifs is 2. The van der Waals surface area contributed by atoms with Crippen molar-refractivity contribution < 1.29 is 19.4 Å². The number of benzene rings is 1. The van der Waals surface area contributed by atoms with E-state index in [1.165, 1.54) is 18.1 Å². The second-order valence-electron chi connectivity index (χ2n) is 6.58. The fourth-order valence-corrected chi connectivity index (χ4v) is 4.08. The third kappa shape index (κ3) is 2.85. The average molecular weight is 399 g/mol. The summed E-state index contributed by atoms with van der Waals surface area (Å²) < 4.78 is 13.0. The zero-order chi connectivity index (χ0) is 19.3. The van der Waals surface area contributed by atoms with E-state index in [4.69, 9.17) is 9.15 Å². The van der Waals surface area contributed by atoms with Gasteiger partial charge in [-0.2, -0.15) is 0 Å². The maximum Gasteiger partial charge on any atom is 0.205 e. The molecule has 4 atom stereocenters. The van der Waals surface area contributed by atoms with Gasteiger partial charge in [0.1, 0.15) is 34.6 Å². The summed E-state index contributed by atoms with van der Waals surface area (Å²) in [6, 6.07) is 7.60. The molecule has 5 rings (SSSR count). The Bertz CT molecular complexity index is 1110. The third-order valence-corrected chi connectivity index (χ3v) is 5.71. The van der Waals surface area contributed by atoms with E-state index < -0.39 is 24.5 Å². The molecule has 0 amide bonds. The standard InChI is InChI=1S/C18H17N5O4S/c1-9-14(24)15(25)18(26-9)23-8-21-13-16(23)19-7-20-17(13)28-6-12-22-10-4-2-3-5-11(10)27-12/h2-5,7-9,14-15,18,24-25H,6H2,1H3/t9-,14-,15-,18-/m1/s1. The summed E-state index contributed by atoms with van der Waals surface area (Å²) in [6.45, 7) is 1.71. The molecule has 3 aromatic heterocycles. The molecule has 1 aromatic carbocycles. The number of nitrogens with zero attached hydrogens (tertiary/aromatic N) is 5. The Balaban J connectivity index is 1.42. The number of para-hydroxylation sites is 2. The van der Waals surface area contributed by atoms with Gasteiger partial charge in [-0.25, -0.2) is 19.9 Å². The Hall–Kier alpha value is -2.53. The van der Waals surface area contributed by atoms with Crippen LogP contribution in [0, 0.1) is 0 Å². The van der Waals surface area contributed by atoms with Gasteiger partial charge in [0.15, 0.2) is 17.5 Å². The molecule has 4 aromatic rings. The van der Waals surface area contributed by atoms with Crippen molar-refractivity contribution in [3.63, 3.8) is 0 Å². The van der Waals surface area contributed by atoms with Gasteiger partial charge in [-0.1, -0.05) is 23.9 Å². The second kappa shape index (κ2) is 6.82. The molecule has 10 heteroatoms. The van der Waals surface area contributed by atoms with Crippen molar-refractivity contribution in [1.29, 1.82) is 0 Å². The van der Waals surface area contributed by atoms with E-state index in [-0.39, 0.29) is 0 Å². The minimum Gasteiger partial charge on any atom is -0.440 e. The predicted molar refractivity (Wildman–Crippen MR) is 100 cm³/mol. The Morgan fingerprint density at radius 2 is 2.00 bits per heavy atom. The number of oxazole rings is 1. The number of imidazole rings is 1. The van der Waals surface area contributed by atoms with Crippen molar-refractivity contribution in [2.24, 2.45) is 0 Å². The first kappa shape index (κ1) is 17.6. The quantitative estimate of drug-likeness (QED) is 0.391. The van der Waals surface area contributed by atoms with E-state index in [9.17, 15) is 10.2 Å². The summed E-state index contributed by atoms with van der Waals surface area (Å²) in [4.78, 5) is 17.5. The molecule has 0 bridgehead atoms. The van der Waals surface area contributed by atoms with Crippen molar-refractivity contribution in [2.45, 2.75) is 42.2 Å². The zero-order valence-corrected chi connectivity index (χ0v) is 15.7. The number of aliphatic hydroxyl groups is 2. The normalized spacial score (nSPS) is 25.1. The zero-order valence-electron chi connectivity index (χ0n) is 14.8. The van der Waals surface area contributed by atoms with Crippen LogP contribution < -0.4 is 0 Å². The number of hydrogen-bond donors (Lipinski definition) is 2.